The molecule has 0 unspecified atom stereocenters. The molecule has 4 nitrogen and oxygen atoms in total. The molecule has 1 aliphatic heterocycles. The van der Waals surface area contributed by atoms with Crippen molar-refractivity contribution in [3.8, 4) is 17.1 Å². The lowest BCUT2D eigenvalue weighted by Gasteiger charge is -2.00. The molecule has 0 saturated heterocycles. The Morgan fingerprint density at radius 3 is 2.85 bits per heavy atom. The van der Waals surface area contributed by atoms with Crippen molar-refractivity contribution in [1.29, 1.82) is 0 Å². The smallest absolute Gasteiger partial charge is 0.144 e. The van der Waals surface area contributed by atoms with Gasteiger partial charge in [0.05, 0.1) is 29.4 Å². The van der Waals surface area contributed by atoms with Crippen molar-refractivity contribution in [3.05, 3.63) is 47.9 Å². The van der Waals surface area contributed by atoms with Gasteiger partial charge in [-0.25, -0.2) is 0 Å². The fourth-order valence-corrected chi connectivity index (χ4v) is 2.19. The van der Waals surface area contributed by atoms with Crippen molar-refractivity contribution < 1.29 is 4.74 Å². The van der Waals surface area contributed by atoms with E-state index in [4.69, 9.17) is 4.74 Å². The number of nitrogens with one attached hydrogen (secondary N) is 2. The maximum atomic E-state index is 5.69. The molecule has 4 heteroatoms. The number of aromatic nitrogens is 2. The van der Waals surface area contributed by atoms with E-state index >= 15 is 0 Å². The number of rotatable bonds is 4. The molecule has 0 aromatic carbocycles. The van der Waals surface area contributed by atoms with Gasteiger partial charge in [0.15, 0.2) is 0 Å². The van der Waals surface area contributed by atoms with E-state index in [-0.39, 0.29) is 0 Å². The molecule has 0 spiro atoms. The predicted molar refractivity (Wildman–Crippen MR) is 82.0 cm³/mol. The minimum atomic E-state index is 0.635. The summed E-state index contributed by atoms with van der Waals surface area (Å²) in [5.41, 5.74) is 4.94. The van der Waals surface area contributed by atoms with E-state index in [2.05, 4.69) is 15.0 Å². The third-order valence-corrected chi connectivity index (χ3v) is 3.09. The van der Waals surface area contributed by atoms with E-state index < -0.39 is 0 Å². The topological polar surface area (TPSA) is 53.2 Å². The first kappa shape index (κ1) is 12.5. The van der Waals surface area contributed by atoms with Crippen LogP contribution in [0.4, 0.5) is 0 Å². The van der Waals surface area contributed by atoms with Gasteiger partial charge in [-0.1, -0.05) is 0 Å². The Balaban J connectivity index is 1.99. The van der Waals surface area contributed by atoms with E-state index in [1.165, 1.54) is 0 Å². The summed E-state index contributed by atoms with van der Waals surface area (Å²) in [6.45, 7) is 4.60. The molecule has 0 bridgehead atoms. The van der Waals surface area contributed by atoms with Gasteiger partial charge >= 0.3 is 0 Å². The fraction of sp³-hybridized carbons (Fsp3) is 0.188. The number of aromatic amines is 2. The highest BCUT2D eigenvalue weighted by Gasteiger charge is 2.11. The maximum absolute atomic E-state index is 5.69. The average molecular weight is 267 g/mol. The van der Waals surface area contributed by atoms with Gasteiger partial charge in [-0.2, -0.15) is 0 Å². The highest BCUT2D eigenvalue weighted by Crippen LogP contribution is 2.29. The number of ether oxygens (including phenoxy) is 1. The van der Waals surface area contributed by atoms with E-state index in [1.807, 2.05) is 56.5 Å². The van der Waals surface area contributed by atoms with Crippen molar-refractivity contribution in [1.82, 2.24) is 9.97 Å². The second-order valence-electron chi connectivity index (χ2n) is 4.63. The third-order valence-electron chi connectivity index (χ3n) is 3.09. The van der Waals surface area contributed by atoms with Crippen LogP contribution in [-0.4, -0.2) is 22.3 Å². The largest absolute Gasteiger partial charge is 0.492 e. The summed E-state index contributed by atoms with van der Waals surface area (Å²) in [6, 6.07) is 6.01. The van der Waals surface area contributed by atoms with Gasteiger partial charge in [0.2, 0.25) is 0 Å². The van der Waals surface area contributed by atoms with Crippen LogP contribution in [0.3, 0.4) is 0 Å². The van der Waals surface area contributed by atoms with Crippen LogP contribution >= 0.6 is 0 Å². The van der Waals surface area contributed by atoms with Gasteiger partial charge < -0.3 is 14.7 Å². The van der Waals surface area contributed by atoms with Gasteiger partial charge in [0.1, 0.15) is 5.75 Å². The molecule has 102 valence electrons. The maximum Gasteiger partial charge on any atom is 0.144 e. The van der Waals surface area contributed by atoms with Gasteiger partial charge in [-0.15, -0.1) is 0 Å². The molecule has 0 saturated carbocycles. The van der Waals surface area contributed by atoms with Crippen LogP contribution in [-0.2, 0) is 0 Å². The molecule has 1 aliphatic rings. The summed E-state index contributed by atoms with van der Waals surface area (Å²) < 4.78 is 5.69. The van der Waals surface area contributed by atoms with E-state index in [0.717, 1.165) is 34.2 Å². The lowest BCUT2D eigenvalue weighted by atomic mass is 10.3. The van der Waals surface area contributed by atoms with Crippen molar-refractivity contribution in [2.24, 2.45) is 4.99 Å². The molecule has 20 heavy (non-hydrogen) atoms. The Hall–Kier alpha value is -2.49. The van der Waals surface area contributed by atoms with Crippen molar-refractivity contribution in [3.63, 3.8) is 0 Å². The van der Waals surface area contributed by atoms with Crippen LogP contribution < -0.4 is 4.74 Å². The Morgan fingerprint density at radius 1 is 1.30 bits per heavy atom. The minimum Gasteiger partial charge on any atom is -0.492 e. The lowest BCUT2D eigenvalue weighted by Crippen LogP contribution is -1.91. The highest BCUT2D eigenvalue weighted by atomic mass is 16.5. The molecule has 0 aliphatic carbocycles. The molecule has 2 aromatic rings. The van der Waals surface area contributed by atoms with E-state index in [0.29, 0.717) is 6.61 Å². The number of nitrogens with zero attached hydrogens (tertiary/aromatic N) is 1. The molecule has 3 rings (SSSR count). The summed E-state index contributed by atoms with van der Waals surface area (Å²) in [6.07, 6.45) is 7.91. The molecule has 0 amide bonds. The Bertz CT molecular complexity index is 687. The monoisotopic (exact) mass is 267 g/mol. The molecule has 0 radical (unpaired) electrons. The van der Waals surface area contributed by atoms with Crippen molar-refractivity contribution in [2.75, 3.05) is 6.61 Å². The second kappa shape index (κ2) is 5.25. The second-order valence-corrected chi connectivity index (χ2v) is 4.63. The Morgan fingerprint density at radius 2 is 2.20 bits per heavy atom. The zero-order valence-corrected chi connectivity index (χ0v) is 11.6. The van der Waals surface area contributed by atoms with E-state index in [1.54, 1.807) is 0 Å². The fourth-order valence-electron chi connectivity index (χ4n) is 2.19. The van der Waals surface area contributed by atoms with Gasteiger partial charge in [-0.3, -0.25) is 4.99 Å². The quantitative estimate of drug-likeness (QED) is 0.870. The first-order chi connectivity index (χ1) is 9.76. The molecule has 3 heterocycles. The predicted octanol–water partition coefficient (Wildman–Crippen LogP) is 3.78. The summed E-state index contributed by atoms with van der Waals surface area (Å²) in [5.74, 6) is 0.845. The molecule has 0 fully saturated rings. The number of hydrogen-bond acceptors (Lipinski definition) is 2. The van der Waals surface area contributed by atoms with Crippen molar-refractivity contribution in [2.45, 2.75) is 13.8 Å². The molecular formula is C16H17N3O. The number of allylic oxidation sites excluding steroid dienone is 2. The Labute approximate surface area is 117 Å². The van der Waals surface area contributed by atoms with Crippen LogP contribution in [0.15, 0.2) is 47.2 Å². The minimum absolute atomic E-state index is 0.635. The first-order valence-electron chi connectivity index (χ1n) is 6.71. The average Bonchev–Trinajstić information content (AvgIpc) is 3.12. The zero-order chi connectivity index (χ0) is 13.9. The summed E-state index contributed by atoms with van der Waals surface area (Å²) in [7, 11) is 0. The summed E-state index contributed by atoms with van der Waals surface area (Å²) >= 11 is 0. The third kappa shape index (κ3) is 2.45. The van der Waals surface area contributed by atoms with Gasteiger partial charge in [0, 0.05) is 18.0 Å². The number of hydrogen-bond donors (Lipinski definition) is 2. The first-order valence-corrected chi connectivity index (χ1v) is 6.71. The standard InChI is InChI=1S/C16H17N3O/c1-3-20-16-10-14(13-5-4-8-17-13)19-15(16)9-12-7-6-11(2)18-12/h4-10,17,19H,3H2,1-2H3. The lowest BCUT2D eigenvalue weighted by molar-refractivity contribution is 0.340. The molecule has 2 aromatic heterocycles. The SMILES string of the molecule is CCOc1cc(-c2ccc[nH]2)[nH]c1C=C1C=CC(C)=N1. The molecular weight excluding hydrogens is 250 g/mol. The zero-order valence-electron chi connectivity index (χ0n) is 11.6. The van der Waals surface area contributed by atoms with Crippen LogP contribution in [0.25, 0.3) is 17.5 Å². The van der Waals surface area contributed by atoms with Gasteiger partial charge in [0.25, 0.3) is 0 Å². The van der Waals surface area contributed by atoms with Crippen LogP contribution in [0.1, 0.15) is 19.5 Å². The Kier molecular flexibility index (Phi) is 3.29. The molecule has 2 N–H and O–H groups in total. The van der Waals surface area contributed by atoms with E-state index in [9.17, 15) is 0 Å². The van der Waals surface area contributed by atoms with Crippen molar-refractivity contribution >= 4 is 11.8 Å². The summed E-state index contributed by atoms with van der Waals surface area (Å²) in [5, 5.41) is 0. The number of aliphatic imine (C=N–C) groups is 1. The van der Waals surface area contributed by atoms with Crippen LogP contribution in [0.5, 0.6) is 5.75 Å². The van der Waals surface area contributed by atoms with Gasteiger partial charge in [-0.05, 0) is 44.2 Å². The van der Waals surface area contributed by atoms with Crippen LogP contribution in [0, 0.1) is 0 Å². The molecule has 0 atom stereocenters. The van der Waals surface area contributed by atoms with Crippen LogP contribution in [0.2, 0.25) is 0 Å². The normalized spacial score (nSPS) is 15.9. The highest BCUT2D eigenvalue weighted by molar-refractivity contribution is 5.97. The summed E-state index contributed by atoms with van der Waals surface area (Å²) in [4.78, 5) is 11.0. The number of H-pyrrole nitrogens is 2.